The molecule has 0 spiro atoms. The number of rotatable bonds is 6. The highest BCUT2D eigenvalue weighted by molar-refractivity contribution is 5.52. The van der Waals surface area contributed by atoms with Crippen molar-refractivity contribution in [2.45, 2.75) is 19.4 Å². The van der Waals surface area contributed by atoms with Crippen LogP contribution >= 0.6 is 0 Å². The molecule has 0 radical (unpaired) electrons. The third kappa shape index (κ3) is 3.55. The van der Waals surface area contributed by atoms with Crippen LogP contribution in [0.1, 0.15) is 18.4 Å². The van der Waals surface area contributed by atoms with E-state index in [1.807, 2.05) is 12.1 Å². The number of benzene rings is 1. The van der Waals surface area contributed by atoms with Crippen molar-refractivity contribution >= 4 is 0 Å². The van der Waals surface area contributed by atoms with E-state index in [0.29, 0.717) is 11.5 Å². The first kappa shape index (κ1) is 17.7. The fourth-order valence-corrected chi connectivity index (χ4v) is 5.18. The van der Waals surface area contributed by atoms with Crippen molar-refractivity contribution in [2.75, 3.05) is 46.9 Å². The quantitative estimate of drug-likeness (QED) is 0.621. The minimum Gasteiger partial charge on any atom is -0.502 e. The molecule has 3 aliphatic rings. The van der Waals surface area contributed by atoms with Gasteiger partial charge in [0.25, 0.3) is 0 Å². The molecule has 2 fully saturated rings. The highest BCUT2D eigenvalue weighted by Gasteiger charge is 2.38. The van der Waals surface area contributed by atoms with Gasteiger partial charge in [-0.3, -0.25) is 0 Å². The van der Waals surface area contributed by atoms with Crippen LogP contribution in [0, 0.1) is 17.8 Å². The monoisotopic (exact) mass is 360 g/mol. The summed E-state index contributed by atoms with van der Waals surface area (Å²) < 4.78 is 10.6. The van der Waals surface area contributed by atoms with Gasteiger partial charge in [-0.15, -0.1) is 0 Å². The van der Waals surface area contributed by atoms with E-state index in [1.165, 1.54) is 45.6 Å². The lowest BCUT2D eigenvalue weighted by Gasteiger charge is -2.32. The minimum absolute atomic E-state index is 0.0860. The first-order valence-electron chi connectivity index (χ1n) is 9.95. The number of fused-ring (bicyclic) bond motifs is 2. The second-order valence-corrected chi connectivity index (χ2v) is 8.27. The Bertz CT molecular complexity index is 642. The summed E-state index contributed by atoms with van der Waals surface area (Å²) in [6, 6.07) is 3.87. The van der Waals surface area contributed by atoms with Gasteiger partial charge in [0.2, 0.25) is 5.75 Å². The zero-order valence-electron chi connectivity index (χ0n) is 16.0. The number of methoxy groups -OCH3 is 2. The van der Waals surface area contributed by atoms with E-state index in [9.17, 15) is 5.11 Å². The molecular weight excluding hydrogens is 328 g/mol. The van der Waals surface area contributed by atoms with Crippen LogP contribution in [0.25, 0.3) is 0 Å². The number of nitrogens with one attached hydrogen (secondary N) is 2. The SMILES string of the molecule is COc1cc(C[NH+]2CC[NH+](C[C@@H]3C[C@H]4C=C[C@H]3C4)CC2)cc(OC)c1O. The van der Waals surface area contributed by atoms with Crippen molar-refractivity contribution < 1.29 is 24.4 Å². The maximum absolute atomic E-state index is 10.1. The maximum atomic E-state index is 10.1. The Kier molecular flexibility index (Phi) is 5.09. The largest absolute Gasteiger partial charge is 0.502 e. The molecule has 0 aromatic heterocycles. The normalized spacial score (nSPS) is 32.8. The second kappa shape index (κ2) is 7.49. The number of hydrogen-bond acceptors (Lipinski definition) is 3. The Morgan fingerprint density at radius 3 is 2.15 bits per heavy atom. The number of allylic oxidation sites excluding steroid dienone is 2. The standard InChI is InChI=1S/C21H30N2O3/c1-25-19-11-16(12-20(26-2)21(19)24)13-22-5-7-23(8-6-22)14-18-10-15-3-4-17(18)9-15/h3-4,11-12,15,17-18,24H,5-10,13-14H2,1-2H3/p+2/t15-,17-,18-/m0/s1. The number of ether oxygens (including phenoxy) is 2. The minimum atomic E-state index is 0.0860. The average Bonchev–Trinajstić information content (AvgIpc) is 3.27. The Balaban J connectivity index is 1.30. The molecule has 1 aliphatic heterocycles. The molecule has 1 aromatic carbocycles. The van der Waals surface area contributed by atoms with Gasteiger partial charge in [-0.1, -0.05) is 12.2 Å². The van der Waals surface area contributed by atoms with Crippen molar-refractivity contribution in [3.05, 3.63) is 29.8 Å². The van der Waals surface area contributed by atoms with Crippen LogP contribution in [-0.4, -0.2) is 52.0 Å². The maximum Gasteiger partial charge on any atom is 0.200 e. The van der Waals surface area contributed by atoms with Gasteiger partial charge in [0.05, 0.1) is 20.8 Å². The van der Waals surface area contributed by atoms with Gasteiger partial charge in [0, 0.05) is 11.5 Å². The average molecular weight is 360 g/mol. The van der Waals surface area contributed by atoms with E-state index in [1.54, 1.807) is 24.0 Å². The Morgan fingerprint density at radius 1 is 0.962 bits per heavy atom. The summed E-state index contributed by atoms with van der Waals surface area (Å²) in [5.41, 5.74) is 1.16. The summed E-state index contributed by atoms with van der Waals surface area (Å²) in [4.78, 5) is 3.40. The van der Waals surface area contributed by atoms with Gasteiger partial charge in [0.1, 0.15) is 32.7 Å². The van der Waals surface area contributed by atoms with E-state index in [0.717, 1.165) is 29.9 Å². The topological polar surface area (TPSA) is 47.6 Å². The summed E-state index contributed by atoms with van der Waals surface area (Å²) in [5.74, 6) is 3.75. The van der Waals surface area contributed by atoms with Gasteiger partial charge in [0.15, 0.2) is 11.5 Å². The molecule has 2 aliphatic carbocycles. The number of hydrogen-bond donors (Lipinski definition) is 3. The molecule has 0 unspecified atom stereocenters. The van der Waals surface area contributed by atoms with E-state index < -0.39 is 0 Å². The predicted molar refractivity (Wildman–Crippen MR) is 100 cm³/mol. The van der Waals surface area contributed by atoms with Gasteiger partial charge in [-0.2, -0.15) is 0 Å². The molecule has 1 aromatic rings. The summed E-state index contributed by atoms with van der Waals surface area (Å²) in [6.45, 7) is 7.25. The van der Waals surface area contributed by atoms with Gasteiger partial charge >= 0.3 is 0 Å². The number of piperazine rings is 1. The van der Waals surface area contributed by atoms with Crippen molar-refractivity contribution in [1.82, 2.24) is 0 Å². The number of quaternary nitrogens is 2. The molecule has 1 heterocycles. The van der Waals surface area contributed by atoms with Crippen LogP contribution < -0.4 is 19.3 Å². The summed E-state index contributed by atoms with van der Waals surface area (Å²) in [7, 11) is 3.16. The zero-order chi connectivity index (χ0) is 18.1. The Labute approximate surface area is 156 Å². The third-order valence-electron chi connectivity index (χ3n) is 6.63. The van der Waals surface area contributed by atoms with Crippen molar-refractivity contribution in [2.24, 2.45) is 17.8 Å². The molecule has 142 valence electrons. The molecule has 1 saturated carbocycles. The molecule has 2 bridgehead atoms. The molecule has 3 N–H and O–H groups in total. The van der Waals surface area contributed by atoms with Crippen LogP contribution in [0.5, 0.6) is 17.2 Å². The number of phenolic OH excluding ortho intramolecular Hbond substituents is 1. The summed E-state index contributed by atoms with van der Waals surface area (Å²) >= 11 is 0. The predicted octanol–water partition coefficient (Wildman–Crippen LogP) is -0.0950. The molecule has 3 atom stereocenters. The van der Waals surface area contributed by atoms with E-state index in [4.69, 9.17) is 9.47 Å². The second-order valence-electron chi connectivity index (χ2n) is 8.27. The van der Waals surface area contributed by atoms with Crippen LogP contribution in [-0.2, 0) is 6.54 Å². The van der Waals surface area contributed by atoms with Gasteiger partial charge in [-0.05, 0) is 36.8 Å². The lowest BCUT2D eigenvalue weighted by molar-refractivity contribution is -1.02. The van der Waals surface area contributed by atoms with Crippen LogP contribution in [0.2, 0.25) is 0 Å². The first-order chi connectivity index (χ1) is 12.7. The highest BCUT2D eigenvalue weighted by Crippen LogP contribution is 2.42. The Morgan fingerprint density at radius 2 is 1.62 bits per heavy atom. The van der Waals surface area contributed by atoms with Crippen molar-refractivity contribution in [3.8, 4) is 17.2 Å². The molecule has 1 saturated heterocycles. The molecule has 4 rings (SSSR count). The summed E-state index contributed by atoms with van der Waals surface area (Å²) in [6.07, 6.45) is 7.76. The van der Waals surface area contributed by atoms with E-state index in [-0.39, 0.29) is 5.75 Å². The van der Waals surface area contributed by atoms with Crippen LogP contribution in [0.3, 0.4) is 0 Å². The van der Waals surface area contributed by atoms with Crippen LogP contribution in [0.4, 0.5) is 0 Å². The van der Waals surface area contributed by atoms with Crippen molar-refractivity contribution in [1.29, 1.82) is 0 Å². The summed E-state index contributed by atoms with van der Waals surface area (Å²) in [5, 5.41) is 10.1. The highest BCUT2D eigenvalue weighted by atomic mass is 16.5. The first-order valence-corrected chi connectivity index (χ1v) is 9.95. The number of phenols is 1. The molecule has 5 nitrogen and oxygen atoms in total. The van der Waals surface area contributed by atoms with E-state index in [2.05, 4.69) is 12.2 Å². The fraction of sp³-hybridized carbons (Fsp3) is 0.619. The lowest BCUT2D eigenvalue weighted by Crippen LogP contribution is -3.27. The smallest absolute Gasteiger partial charge is 0.200 e. The molecule has 0 amide bonds. The zero-order valence-corrected chi connectivity index (χ0v) is 16.0. The third-order valence-corrected chi connectivity index (χ3v) is 6.63. The van der Waals surface area contributed by atoms with Gasteiger partial charge < -0.3 is 24.4 Å². The van der Waals surface area contributed by atoms with Gasteiger partial charge in [-0.25, -0.2) is 0 Å². The van der Waals surface area contributed by atoms with Crippen molar-refractivity contribution in [3.63, 3.8) is 0 Å². The molecule has 26 heavy (non-hydrogen) atoms. The molecule has 5 heteroatoms. The Hall–Kier alpha value is -1.72. The fourth-order valence-electron chi connectivity index (χ4n) is 5.18. The number of aromatic hydroxyl groups is 1. The molecular formula is C21H32N2O3+2. The lowest BCUT2D eigenvalue weighted by atomic mass is 9.93. The van der Waals surface area contributed by atoms with E-state index >= 15 is 0 Å². The van der Waals surface area contributed by atoms with Crippen LogP contribution in [0.15, 0.2) is 24.3 Å².